The van der Waals surface area contributed by atoms with Gasteiger partial charge in [0, 0.05) is 19.0 Å². The normalized spacial score (nSPS) is 11.7. The minimum Gasteiger partial charge on any atom is -0.256 e. The summed E-state index contributed by atoms with van der Waals surface area (Å²) in [5.74, 6) is 0. The van der Waals surface area contributed by atoms with Crippen LogP contribution in [0.25, 0.3) is 11.3 Å². The molecule has 1 nitrogen and oxygen atoms in total. The van der Waals surface area contributed by atoms with E-state index in [4.69, 9.17) is 0 Å². The number of nitrogens with zero attached hydrogens (tertiary/aromatic N) is 1. The van der Waals surface area contributed by atoms with Crippen LogP contribution >= 0.6 is 7.26 Å². The van der Waals surface area contributed by atoms with Gasteiger partial charge in [-0.2, -0.15) is 0 Å². The summed E-state index contributed by atoms with van der Waals surface area (Å²) in [6.45, 7) is 9.15. The minimum absolute atomic E-state index is 1.04. The fraction of sp³-hybridized carbons (Fsp3) is 0.476. The zero-order chi connectivity index (χ0) is 16.7. The van der Waals surface area contributed by atoms with Crippen LogP contribution in [0, 0.1) is 6.92 Å². The zero-order valence-corrected chi connectivity index (χ0v) is 16.1. The second-order valence-electron chi connectivity index (χ2n) is 6.58. The third-order valence-electron chi connectivity index (χ3n) is 4.56. The molecule has 2 heteroatoms. The highest BCUT2D eigenvalue weighted by Gasteiger charge is 2.37. The highest BCUT2D eigenvalue weighted by atomic mass is 31.2. The van der Waals surface area contributed by atoms with E-state index in [-0.39, 0.29) is 0 Å². The highest BCUT2D eigenvalue weighted by molar-refractivity contribution is 7.82. The van der Waals surface area contributed by atoms with Crippen LogP contribution in [0.1, 0.15) is 45.6 Å². The molecule has 0 spiro atoms. The van der Waals surface area contributed by atoms with Crippen molar-refractivity contribution in [2.75, 3.05) is 18.5 Å². The quantitative estimate of drug-likeness (QED) is 0.547. The first-order valence-corrected chi connectivity index (χ1v) is 11.4. The summed E-state index contributed by atoms with van der Waals surface area (Å²) in [7, 11) is -1.04. The SMILES string of the molecule is CCC[P+](CCC)(CCC)c1cccc(-c2cc(C)ccn2)c1. The molecule has 1 aromatic heterocycles. The third kappa shape index (κ3) is 4.42. The van der Waals surface area contributed by atoms with Gasteiger partial charge in [0.1, 0.15) is 0 Å². The van der Waals surface area contributed by atoms with E-state index in [0.717, 1.165) is 5.69 Å². The van der Waals surface area contributed by atoms with Gasteiger partial charge in [-0.05, 0) is 56.0 Å². The molecule has 0 unspecified atom stereocenters. The van der Waals surface area contributed by atoms with Gasteiger partial charge in [0.25, 0.3) is 0 Å². The Bertz CT molecular complexity index is 604. The van der Waals surface area contributed by atoms with Crippen molar-refractivity contribution in [2.24, 2.45) is 0 Å². The lowest BCUT2D eigenvalue weighted by molar-refractivity contribution is 1.01. The van der Waals surface area contributed by atoms with Crippen molar-refractivity contribution in [3.05, 3.63) is 48.2 Å². The third-order valence-corrected chi connectivity index (χ3v) is 9.84. The van der Waals surface area contributed by atoms with Gasteiger partial charge in [-0.3, -0.25) is 4.98 Å². The molecule has 2 aromatic rings. The summed E-state index contributed by atoms with van der Waals surface area (Å²) in [6, 6.07) is 13.5. The van der Waals surface area contributed by atoms with Gasteiger partial charge in [-0.15, -0.1) is 0 Å². The lowest BCUT2D eigenvalue weighted by atomic mass is 10.1. The molecule has 0 saturated carbocycles. The van der Waals surface area contributed by atoms with Gasteiger partial charge in [0.15, 0.2) is 0 Å². The van der Waals surface area contributed by atoms with Crippen LogP contribution in [0.3, 0.4) is 0 Å². The van der Waals surface area contributed by atoms with Gasteiger partial charge in [0.05, 0.1) is 29.5 Å². The average Bonchev–Trinajstić information content (AvgIpc) is 2.56. The zero-order valence-electron chi connectivity index (χ0n) is 15.2. The summed E-state index contributed by atoms with van der Waals surface area (Å²) in [6.07, 6.45) is 9.96. The fourth-order valence-electron chi connectivity index (χ4n) is 3.66. The maximum Gasteiger partial charge on any atom is 0.0946 e. The van der Waals surface area contributed by atoms with Gasteiger partial charge < -0.3 is 0 Å². The lowest BCUT2D eigenvalue weighted by Crippen LogP contribution is -2.20. The predicted molar refractivity (Wildman–Crippen MR) is 106 cm³/mol. The van der Waals surface area contributed by atoms with E-state index in [1.807, 2.05) is 6.20 Å². The summed E-state index contributed by atoms with van der Waals surface area (Å²) in [5, 5.41) is 1.61. The topological polar surface area (TPSA) is 12.9 Å². The molecule has 1 aromatic carbocycles. The number of pyridine rings is 1. The number of benzene rings is 1. The van der Waals surface area contributed by atoms with Crippen LogP contribution in [0.15, 0.2) is 42.6 Å². The molecule has 0 amide bonds. The molecule has 0 atom stereocenters. The Kier molecular flexibility index (Phi) is 6.78. The van der Waals surface area contributed by atoms with Gasteiger partial charge in [-0.25, -0.2) is 0 Å². The summed E-state index contributed by atoms with van der Waals surface area (Å²) < 4.78 is 0. The first-order valence-electron chi connectivity index (χ1n) is 9.05. The van der Waals surface area contributed by atoms with E-state index in [9.17, 15) is 0 Å². The molecule has 124 valence electrons. The molecule has 0 aliphatic rings. The Morgan fingerprint density at radius 1 is 0.870 bits per heavy atom. The minimum atomic E-state index is -1.04. The molecule has 23 heavy (non-hydrogen) atoms. The van der Waals surface area contributed by atoms with E-state index in [2.05, 4.69) is 69.1 Å². The van der Waals surface area contributed by atoms with E-state index in [0.29, 0.717) is 0 Å². The summed E-state index contributed by atoms with van der Waals surface area (Å²) in [4.78, 5) is 4.58. The van der Waals surface area contributed by atoms with E-state index in [1.54, 1.807) is 5.30 Å². The Labute approximate surface area is 142 Å². The standard InChI is InChI=1S/C21H31NP/c1-5-13-23(14-6-2,15-7-3)20-10-8-9-19(17-20)21-16-18(4)11-12-22-21/h8-12,16-17H,5-7,13-15H2,1-4H3/q+1. The van der Waals surface area contributed by atoms with Crippen LogP contribution in [0.4, 0.5) is 0 Å². The Balaban J connectivity index is 2.46. The van der Waals surface area contributed by atoms with Crippen molar-refractivity contribution in [3.8, 4) is 11.3 Å². The molecule has 0 saturated heterocycles. The van der Waals surface area contributed by atoms with Crippen LogP contribution in [0.2, 0.25) is 0 Å². The van der Waals surface area contributed by atoms with E-state index < -0.39 is 7.26 Å². The van der Waals surface area contributed by atoms with Crippen molar-refractivity contribution >= 4 is 12.6 Å². The monoisotopic (exact) mass is 328 g/mol. The Morgan fingerprint density at radius 2 is 1.52 bits per heavy atom. The van der Waals surface area contributed by atoms with Gasteiger partial charge >= 0.3 is 0 Å². The van der Waals surface area contributed by atoms with E-state index >= 15 is 0 Å². The van der Waals surface area contributed by atoms with Crippen LogP contribution in [-0.4, -0.2) is 23.5 Å². The van der Waals surface area contributed by atoms with Crippen LogP contribution in [-0.2, 0) is 0 Å². The number of aryl methyl sites for hydroxylation is 1. The first-order chi connectivity index (χ1) is 11.1. The van der Waals surface area contributed by atoms with E-state index in [1.165, 1.54) is 48.9 Å². The van der Waals surface area contributed by atoms with Crippen LogP contribution in [0.5, 0.6) is 0 Å². The molecule has 0 radical (unpaired) electrons. The van der Waals surface area contributed by atoms with Gasteiger partial charge in [0.2, 0.25) is 0 Å². The molecular formula is C21H31NP+. The van der Waals surface area contributed by atoms with Crippen LogP contribution < -0.4 is 5.30 Å². The molecular weight excluding hydrogens is 297 g/mol. The summed E-state index contributed by atoms with van der Waals surface area (Å²) >= 11 is 0. The van der Waals surface area contributed by atoms with Crippen molar-refractivity contribution in [2.45, 2.75) is 47.0 Å². The van der Waals surface area contributed by atoms with Crippen molar-refractivity contribution in [1.29, 1.82) is 0 Å². The second-order valence-corrected chi connectivity index (χ2v) is 10.7. The van der Waals surface area contributed by atoms with Gasteiger partial charge in [-0.1, -0.05) is 32.9 Å². The molecule has 0 bridgehead atoms. The lowest BCUT2D eigenvalue weighted by Gasteiger charge is -2.27. The molecule has 0 aliphatic carbocycles. The first kappa shape index (κ1) is 18.1. The largest absolute Gasteiger partial charge is 0.256 e. The highest BCUT2D eigenvalue weighted by Crippen LogP contribution is 2.59. The predicted octanol–water partition coefficient (Wildman–Crippen LogP) is 5.93. The Hall–Kier alpha value is -1.20. The smallest absolute Gasteiger partial charge is 0.0946 e. The number of rotatable bonds is 8. The number of hydrogen-bond acceptors (Lipinski definition) is 1. The second kappa shape index (κ2) is 8.60. The maximum absolute atomic E-state index is 4.58. The Morgan fingerprint density at radius 3 is 2.09 bits per heavy atom. The molecule has 1 heterocycles. The van der Waals surface area contributed by atoms with Crippen molar-refractivity contribution < 1.29 is 0 Å². The van der Waals surface area contributed by atoms with Crippen molar-refractivity contribution in [3.63, 3.8) is 0 Å². The number of hydrogen-bond donors (Lipinski definition) is 0. The summed E-state index contributed by atoms with van der Waals surface area (Å²) in [5.41, 5.74) is 3.66. The molecule has 0 fully saturated rings. The molecule has 0 aliphatic heterocycles. The average molecular weight is 328 g/mol. The molecule has 2 rings (SSSR count). The van der Waals surface area contributed by atoms with Crippen molar-refractivity contribution in [1.82, 2.24) is 4.98 Å². The maximum atomic E-state index is 4.58. The molecule has 0 N–H and O–H groups in total. The number of aromatic nitrogens is 1. The fourth-order valence-corrected chi connectivity index (χ4v) is 8.49.